The van der Waals surface area contributed by atoms with Crippen molar-refractivity contribution >= 4 is 15.9 Å². The van der Waals surface area contributed by atoms with Gasteiger partial charge in [-0.05, 0) is 31.7 Å². The molecule has 1 atom stereocenters. The van der Waals surface area contributed by atoms with E-state index in [1.54, 1.807) is 4.31 Å². The summed E-state index contributed by atoms with van der Waals surface area (Å²) in [6, 6.07) is 9.35. The van der Waals surface area contributed by atoms with Crippen LogP contribution in [0.5, 0.6) is 0 Å². The summed E-state index contributed by atoms with van der Waals surface area (Å²) in [6.45, 7) is 4.53. The minimum atomic E-state index is -3.32. The van der Waals surface area contributed by atoms with E-state index < -0.39 is 10.0 Å². The van der Waals surface area contributed by atoms with E-state index in [1.165, 1.54) is 0 Å². The van der Waals surface area contributed by atoms with Crippen LogP contribution in [0.4, 0.5) is 0 Å². The molecule has 0 bridgehead atoms. The van der Waals surface area contributed by atoms with E-state index in [2.05, 4.69) is 0 Å². The fourth-order valence-corrected chi connectivity index (χ4v) is 5.67. The summed E-state index contributed by atoms with van der Waals surface area (Å²) in [5.41, 5.74) is 0.762. The van der Waals surface area contributed by atoms with Gasteiger partial charge in [-0.25, -0.2) is 12.7 Å². The lowest BCUT2D eigenvalue weighted by atomic mass is 9.74. The van der Waals surface area contributed by atoms with E-state index in [1.807, 2.05) is 42.2 Å². The molecule has 1 aromatic carbocycles. The van der Waals surface area contributed by atoms with Gasteiger partial charge in [0.1, 0.15) is 0 Å². The van der Waals surface area contributed by atoms with Gasteiger partial charge in [0.05, 0.1) is 5.75 Å². The molecule has 0 aliphatic carbocycles. The van der Waals surface area contributed by atoms with Gasteiger partial charge in [-0.15, -0.1) is 0 Å². The number of piperidine rings is 2. The third-order valence-corrected chi connectivity index (χ3v) is 7.14. The maximum atomic E-state index is 12.8. The van der Waals surface area contributed by atoms with Gasteiger partial charge >= 0.3 is 0 Å². The van der Waals surface area contributed by atoms with Crippen molar-refractivity contribution in [3.8, 4) is 0 Å². The summed E-state index contributed by atoms with van der Waals surface area (Å²) < 4.78 is 27.3. The molecule has 0 radical (unpaired) electrons. The number of rotatable bonds is 4. The number of likely N-dealkylation sites (tertiary alicyclic amines) is 1. The maximum Gasteiger partial charge on any atom is 0.222 e. The zero-order valence-electron chi connectivity index (χ0n) is 14.3. The normalized spacial score (nSPS) is 26.0. The zero-order chi connectivity index (χ0) is 17.2. The van der Waals surface area contributed by atoms with E-state index in [0.29, 0.717) is 32.6 Å². The first-order valence-electron chi connectivity index (χ1n) is 8.74. The van der Waals surface area contributed by atoms with E-state index in [9.17, 15) is 13.2 Å². The van der Waals surface area contributed by atoms with Crippen LogP contribution in [0, 0.1) is 5.41 Å². The summed E-state index contributed by atoms with van der Waals surface area (Å²) in [6.07, 6.45) is 3.23. The number of amides is 1. The Kier molecular flexibility index (Phi) is 4.97. The molecule has 0 saturated carbocycles. The van der Waals surface area contributed by atoms with Crippen molar-refractivity contribution in [2.75, 3.05) is 26.2 Å². The average Bonchev–Trinajstić information content (AvgIpc) is 2.58. The molecule has 3 rings (SSSR count). The second-order valence-corrected chi connectivity index (χ2v) is 9.06. The Balaban J connectivity index is 1.74. The first kappa shape index (κ1) is 17.4. The predicted molar refractivity (Wildman–Crippen MR) is 93.8 cm³/mol. The molecule has 0 aromatic heterocycles. The number of hydrogen-bond acceptors (Lipinski definition) is 3. The monoisotopic (exact) mass is 350 g/mol. The number of carbonyl (C=O) groups is 1. The van der Waals surface area contributed by atoms with Crippen LogP contribution in [0.25, 0.3) is 0 Å². The van der Waals surface area contributed by atoms with E-state index >= 15 is 0 Å². The third-order valence-electron chi connectivity index (χ3n) is 5.34. The molecule has 1 amide bonds. The van der Waals surface area contributed by atoms with Crippen molar-refractivity contribution in [3.63, 3.8) is 0 Å². The highest BCUT2D eigenvalue weighted by Gasteiger charge is 2.43. The maximum absolute atomic E-state index is 12.8. The van der Waals surface area contributed by atoms with Crippen molar-refractivity contribution in [2.45, 2.75) is 38.4 Å². The van der Waals surface area contributed by atoms with E-state index in [-0.39, 0.29) is 17.1 Å². The highest BCUT2D eigenvalue weighted by molar-refractivity contribution is 7.88. The summed E-state index contributed by atoms with van der Waals surface area (Å²) in [5.74, 6) is 0.257. The summed E-state index contributed by atoms with van der Waals surface area (Å²) in [4.78, 5) is 13.9. The SMILES string of the molecule is CCN1C[C@@]2(CCCN(S(=O)(=O)Cc3ccccc3)C2)CCC1=O. The lowest BCUT2D eigenvalue weighted by molar-refractivity contribution is -0.138. The largest absolute Gasteiger partial charge is 0.342 e. The molecule has 2 aliphatic rings. The van der Waals surface area contributed by atoms with Crippen molar-refractivity contribution < 1.29 is 13.2 Å². The van der Waals surface area contributed by atoms with Crippen LogP contribution in [-0.4, -0.2) is 49.7 Å². The zero-order valence-corrected chi connectivity index (χ0v) is 15.1. The Hall–Kier alpha value is -1.40. The van der Waals surface area contributed by atoms with Gasteiger partial charge in [-0.2, -0.15) is 0 Å². The third kappa shape index (κ3) is 3.64. The second kappa shape index (κ2) is 6.84. The predicted octanol–water partition coefficient (Wildman–Crippen LogP) is 2.24. The Bertz CT molecular complexity index is 689. The van der Waals surface area contributed by atoms with Gasteiger partial charge in [0.15, 0.2) is 0 Å². The smallest absolute Gasteiger partial charge is 0.222 e. The van der Waals surface area contributed by atoms with Crippen molar-refractivity contribution in [1.29, 1.82) is 0 Å². The standard InChI is InChI=1S/C18H26N2O3S/c1-2-19-14-18(11-9-17(19)21)10-6-12-20(15-18)24(22,23)13-16-7-4-3-5-8-16/h3-5,7-8H,2,6,9-15H2,1H3/t18-/m1/s1. The van der Waals surface area contributed by atoms with Gasteiger partial charge in [0, 0.05) is 38.0 Å². The van der Waals surface area contributed by atoms with Crippen LogP contribution in [-0.2, 0) is 20.6 Å². The summed E-state index contributed by atoms with van der Waals surface area (Å²) in [5, 5.41) is 0. The summed E-state index contributed by atoms with van der Waals surface area (Å²) in [7, 11) is -3.32. The van der Waals surface area contributed by atoms with Gasteiger partial charge < -0.3 is 4.90 Å². The Labute approximate surface area is 144 Å². The second-order valence-electron chi connectivity index (χ2n) is 7.09. The Morgan fingerprint density at radius 1 is 1.12 bits per heavy atom. The van der Waals surface area contributed by atoms with Crippen LogP contribution in [0.15, 0.2) is 30.3 Å². The molecule has 0 N–H and O–H groups in total. The fourth-order valence-electron chi connectivity index (χ4n) is 4.00. The molecule has 1 aromatic rings. The minimum absolute atomic E-state index is 0.0559. The molecular weight excluding hydrogens is 324 g/mol. The first-order valence-corrected chi connectivity index (χ1v) is 10.3. The van der Waals surface area contributed by atoms with Crippen LogP contribution in [0.3, 0.4) is 0 Å². The quantitative estimate of drug-likeness (QED) is 0.837. The fraction of sp³-hybridized carbons (Fsp3) is 0.611. The number of benzene rings is 1. The highest BCUT2D eigenvalue weighted by atomic mass is 32.2. The van der Waals surface area contributed by atoms with Crippen molar-refractivity contribution in [1.82, 2.24) is 9.21 Å². The van der Waals surface area contributed by atoms with Crippen molar-refractivity contribution in [3.05, 3.63) is 35.9 Å². The number of nitrogens with zero attached hydrogens (tertiary/aromatic N) is 2. The number of sulfonamides is 1. The molecule has 2 fully saturated rings. The topological polar surface area (TPSA) is 57.7 Å². The minimum Gasteiger partial charge on any atom is -0.342 e. The Morgan fingerprint density at radius 3 is 2.58 bits per heavy atom. The van der Waals surface area contributed by atoms with Gasteiger partial charge in [-0.3, -0.25) is 4.79 Å². The van der Waals surface area contributed by atoms with Crippen molar-refractivity contribution in [2.24, 2.45) is 5.41 Å². The Morgan fingerprint density at radius 2 is 1.88 bits per heavy atom. The molecule has 2 saturated heterocycles. The number of carbonyl (C=O) groups excluding carboxylic acids is 1. The van der Waals surface area contributed by atoms with Gasteiger partial charge in [0.2, 0.25) is 15.9 Å². The van der Waals surface area contributed by atoms with E-state index in [4.69, 9.17) is 0 Å². The molecule has 2 heterocycles. The van der Waals surface area contributed by atoms with Gasteiger partial charge in [0.25, 0.3) is 0 Å². The molecule has 0 unspecified atom stereocenters. The summed E-state index contributed by atoms with van der Waals surface area (Å²) >= 11 is 0. The molecule has 6 heteroatoms. The molecule has 5 nitrogen and oxygen atoms in total. The van der Waals surface area contributed by atoms with Crippen LogP contribution >= 0.6 is 0 Å². The molecular formula is C18H26N2O3S. The first-order chi connectivity index (χ1) is 11.4. The average molecular weight is 350 g/mol. The lowest BCUT2D eigenvalue weighted by Crippen LogP contribution is -2.55. The van der Waals surface area contributed by atoms with E-state index in [0.717, 1.165) is 24.8 Å². The molecule has 24 heavy (non-hydrogen) atoms. The molecule has 2 aliphatic heterocycles. The van der Waals surface area contributed by atoms with Gasteiger partial charge in [-0.1, -0.05) is 30.3 Å². The number of hydrogen-bond donors (Lipinski definition) is 0. The lowest BCUT2D eigenvalue weighted by Gasteiger charge is -2.47. The van der Waals surface area contributed by atoms with Crippen LogP contribution < -0.4 is 0 Å². The van der Waals surface area contributed by atoms with Crippen LogP contribution in [0.2, 0.25) is 0 Å². The van der Waals surface area contributed by atoms with Crippen LogP contribution in [0.1, 0.15) is 38.2 Å². The molecule has 1 spiro atoms. The highest BCUT2D eigenvalue weighted by Crippen LogP contribution is 2.39. The molecule has 132 valence electrons.